The second kappa shape index (κ2) is 7.94. The molecule has 0 aliphatic carbocycles. The Kier molecular flexibility index (Phi) is 5.92. The van der Waals surface area contributed by atoms with E-state index in [1.54, 1.807) is 0 Å². The van der Waals surface area contributed by atoms with Crippen molar-refractivity contribution >= 4 is 35.1 Å². The van der Waals surface area contributed by atoms with Crippen LogP contribution >= 0.6 is 35.1 Å². The summed E-state index contributed by atoms with van der Waals surface area (Å²) in [5.41, 5.74) is 2.67. The van der Waals surface area contributed by atoms with Crippen LogP contribution in [-0.2, 0) is 0 Å². The molecule has 1 fully saturated rings. The van der Waals surface area contributed by atoms with Gasteiger partial charge in [0.25, 0.3) is 0 Å². The molecule has 0 N–H and O–H groups in total. The van der Waals surface area contributed by atoms with Crippen molar-refractivity contribution < 1.29 is 0 Å². The second-order valence-electron chi connectivity index (χ2n) is 5.92. The highest BCUT2D eigenvalue weighted by Gasteiger charge is 2.34. The first-order chi connectivity index (χ1) is 11.2. The largest absolute Gasteiger partial charge is 0.243 e. The topological polar surface area (TPSA) is 3.24 Å². The van der Waals surface area contributed by atoms with Crippen molar-refractivity contribution in [2.45, 2.75) is 31.7 Å². The maximum atomic E-state index is 6.24. The predicted molar refractivity (Wildman–Crippen MR) is 102 cm³/mol. The number of hydrogen-bond donors (Lipinski definition) is 0. The van der Waals surface area contributed by atoms with E-state index in [9.17, 15) is 0 Å². The molecular weight excluding hydrogens is 345 g/mol. The summed E-state index contributed by atoms with van der Waals surface area (Å²) in [7, 11) is 0. The van der Waals surface area contributed by atoms with Crippen molar-refractivity contribution in [1.82, 2.24) is 4.31 Å². The normalized spacial score (nSPS) is 22.2. The summed E-state index contributed by atoms with van der Waals surface area (Å²) in [6, 6.07) is 17.0. The predicted octanol–water partition coefficient (Wildman–Crippen LogP) is 6.58. The SMILES string of the molecule is CCCN1SCC[C@H](c2cccc(Cl)c2)[C@H]1c1ccc(Cl)cc1. The molecule has 1 aliphatic heterocycles. The zero-order valence-corrected chi connectivity index (χ0v) is 15.5. The molecule has 0 amide bonds. The van der Waals surface area contributed by atoms with Crippen LogP contribution in [0.2, 0.25) is 10.0 Å². The molecule has 122 valence electrons. The zero-order valence-electron chi connectivity index (χ0n) is 13.2. The van der Waals surface area contributed by atoms with Crippen molar-refractivity contribution in [3.05, 3.63) is 69.7 Å². The molecule has 4 heteroatoms. The van der Waals surface area contributed by atoms with Crippen LogP contribution < -0.4 is 0 Å². The third kappa shape index (κ3) is 4.06. The Hall–Kier alpha value is -0.670. The minimum absolute atomic E-state index is 0.365. The van der Waals surface area contributed by atoms with Crippen molar-refractivity contribution in [2.24, 2.45) is 0 Å². The van der Waals surface area contributed by atoms with Crippen LogP contribution in [0, 0.1) is 0 Å². The minimum atomic E-state index is 0.365. The molecule has 3 rings (SSSR count). The van der Waals surface area contributed by atoms with Gasteiger partial charge >= 0.3 is 0 Å². The Morgan fingerprint density at radius 3 is 2.52 bits per heavy atom. The van der Waals surface area contributed by atoms with Crippen molar-refractivity contribution in [2.75, 3.05) is 12.3 Å². The van der Waals surface area contributed by atoms with E-state index >= 15 is 0 Å². The summed E-state index contributed by atoms with van der Waals surface area (Å²) in [6.07, 6.45) is 2.32. The third-order valence-electron chi connectivity index (χ3n) is 4.31. The molecule has 1 heterocycles. The van der Waals surface area contributed by atoms with Crippen LogP contribution in [0.15, 0.2) is 48.5 Å². The van der Waals surface area contributed by atoms with Crippen molar-refractivity contribution in [3.8, 4) is 0 Å². The average Bonchev–Trinajstić information content (AvgIpc) is 2.56. The second-order valence-corrected chi connectivity index (χ2v) is 7.93. The van der Waals surface area contributed by atoms with Gasteiger partial charge in [-0.3, -0.25) is 0 Å². The monoisotopic (exact) mass is 365 g/mol. The summed E-state index contributed by atoms with van der Waals surface area (Å²) < 4.78 is 2.54. The molecule has 2 atom stereocenters. The molecule has 0 unspecified atom stereocenters. The highest BCUT2D eigenvalue weighted by molar-refractivity contribution is 7.97. The lowest BCUT2D eigenvalue weighted by Crippen LogP contribution is -2.33. The molecule has 0 spiro atoms. The molecule has 2 aromatic rings. The van der Waals surface area contributed by atoms with E-state index in [0.717, 1.165) is 28.8 Å². The fraction of sp³-hybridized carbons (Fsp3) is 0.368. The maximum absolute atomic E-state index is 6.24. The van der Waals surface area contributed by atoms with E-state index in [1.165, 1.54) is 17.5 Å². The summed E-state index contributed by atoms with van der Waals surface area (Å²) in [5, 5.41) is 1.61. The van der Waals surface area contributed by atoms with E-state index in [1.807, 2.05) is 30.1 Å². The lowest BCUT2D eigenvalue weighted by molar-refractivity contribution is 0.290. The zero-order chi connectivity index (χ0) is 16.2. The highest BCUT2D eigenvalue weighted by Crippen LogP contribution is 2.46. The number of rotatable bonds is 4. The number of hydrogen-bond acceptors (Lipinski definition) is 2. The van der Waals surface area contributed by atoms with Gasteiger partial charge in [-0.25, -0.2) is 4.31 Å². The lowest BCUT2D eigenvalue weighted by Gasteiger charge is -2.41. The Labute approximate surface area is 153 Å². The highest BCUT2D eigenvalue weighted by atomic mass is 35.5. The van der Waals surface area contributed by atoms with Crippen LogP contribution in [0.1, 0.15) is 42.9 Å². The van der Waals surface area contributed by atoms with Crippen molar-refractivity contribution in [1.29, 1.82) is 0 Å². The molecule has 0 aromatic heterocycles. The van der Waals surface area contributed by atoms with Crippen LogP contribution in [0.5, 0.6) is 0 Å². The van der Waals surface area contributed by atoms with Crippen LogP contribution in [0.3, 0.4) is 0 Å². The van der Waals surface area contributed by atoms with E-state index in [-0.39, 0.29) is 0 Å². The summed E-state index contributed by atoms with van der Waals surface area (Å²) >= 11 is 14.3. The first-order valence-electron chi connectivity index (χ1n) is 8.09. The molecule has 2 aromatic carbocycles. The van der Waals surface area contributed by atoms with Gasteiger partial charge in [-0.05, 0) is 48.2 Å². The van der Waals surface area contributed by atoms with E-state index in [4.69, 9.17) is 23.2 Å². The van der Waals surface area contributed by atoms with Crippen LogP contribution in [-0.4, -0.2) is 16.6 Å². The first-order valence-corrected chi connectivity index (χ1v) is 9.79. The Balaban J connectivity index is 1.99. The number of benzene rings is 2. The van der Waals surface area contributed by atoms with E-state index in [0.29, 0.717) is 12.0 Å². The summed E-state index contributed by atoms with van der Waals surface area (Å²) in [4.78, 5) is 0. The van der Waals surface area contributed by atoms with Gasteiger partial charge in [-0.1, -0.05) is 66.3 Å². The van der Waals surface area contributed by atoms with Gasteiger partial charge in [-0.15, -0.1) is 0 Å². The molecule has 1 saturated heterocycles. The average molecular weight is 366 g/mol. The van der Waals surface area contributed by atoms with Gasteiger partial charge < -0.3 is 0 Å². The van der Waals surface area contributed by atoms with Crippen LogP contribution in [0.4, 0.5) is 0 Å². The van der Waals surface area contributed by atoms with Gasteiger partial charge in [0.05, 0.1) is 6.04 Å². The standard InChI is InChI=1S/C19H21Cl2NS/c1-2-11-22-19(14-6-8-16(20)9-7-14)18(10-12-23-22)15-4-3-5-17(21)13-15/h3-9,13,18-19H,2,10-12H2,1H3/t18-,19-/m1/s1. The number of halogens is 2. The van der Waals surface area contributed by atoms with Gasteiger partial charge in [0.2, 0.25) is 0 Å². The third-order valence-corrected chi connectivity index (χ3v) is 5.96. The Bertz CT molecular complexity index is 642. The first kappa shape index (κ1) is 17.2. The maximum Gasteiger partial charge on any atom is 0.0520 e. The van der Waals surface area contributed by atoms with Gasteiger partial charge in [0, 0.05) is 28.3 Å². The molecule has 0 radical (unpaired) electrons. The lowest BCUT2D eigenvalue weighted by atomic mass is 9.84. The molecule has 0 saturated carbocycles. The fourth-order valence-corrected chi connectivity index (χ4v) is 4.96. The summed E-state index contributed by atoms with van der Waals surface area (Å²) in [6.45, 7) is 3.33. The van der Waals surface area contributed by atoms with Gasteiger partial charge in [-0.2, -0.15) is 0 Å². The van der Waals surface area contributed by atoms with Crippen LogP contribution in [0.25, 0.3) is 0 Å². The minimum Gasteiger partial charge on any atom is -0.243 e. The van der Waals surface area contributed by atoms with Gasteiger partial charge in [0.15, 0.2) is 0 Å². The number of nitrogens with zero attached hydrogens (tertiary/aromatic N) is 1. The quantitative estimate of drug-likeness (QED) is 0.562. The molecule has 0 bridgehead atoms. The van der Waals surface area contributed by atoms with Crippen molar-refractivity contribution in [3.63, 3.8) is 0 Å². The summed E-state index contributed by atoms with van der Waals surface area (Å²) in [5.74, 6) is 1.61. The fourth-order valence-electron chi connectivity index (χ4n) is 3.30. The van der Waals surface area contributed by atoms with Gasteiger partial charge in [0.1, 0.15) is 0 Å². The molecule has 1 nitrogen and oxygen atoms in total. The van der Waals surface area contributed by atoms with E-state index in [2.05, 4.69) is 41.6 Å². The molecule has 1 aliphatic rings. The van der Waals surface area contributed by atoms with E-state index < -0.39 is 0 Å². The Morgan fingerprint density at radius 1 is 1.04 bits per heavy atom. The molecule has 23 heavy (non-hydrogen) atoms. The molecular formula is C19H21Cl2NS. The Morgan fingerprint density at radius 2 is 1.83 bits per heavy atom. The smallest absolute Gasteiger partial charge is 0.0520 e.